The number of nitrogens with one attached hydrogen (secondary N) is 1. The van der Waals surface area contributed by atoms with E-state index in [1.165, 1.54) is 4.31 Å². The Morgan fingerprint density at radius 3 is 2.33 bits per heavy atom. The lowest BCUT2D eigenvalue weighted by Crippen LogP contribution is -2.39. The average Bonchev–Trinajstić information content (AvgIpc) is 2.84. The zero-order valence-corrected chi connectivity index (χ0v) is 20.5. The number of likely N-dealkylation sites (N-methyl/N-ethyl adjacent to an activating group) is 1. The number of carbonyl (C=O) groups is 1. The molecule has 1 atom stereocenters. The Kier molecular flexibility index (Phi) is 8.34. The predicted octanol–water partition coefficient (Wildman–Crippen LogP) is 3.34. The molecule has 2 aromatic carbocycles. The van der Waals surface area contributed by atoms with E-state index < -0.39 is 16.1 Å². The van der Waals surface area contributed by atoms with E-state index in [0.717, 1.165) is 24.8 Å². The van der Waals surface area contributed by atoms with Crippen molar-refractivity contribution in [3.8, 4) is 11.5 Å². The molecule has 0 bridgehead atoms. The largest absolute Gasteiger partial charge is 0.493 e. The summed E-state index contributed by atoms with van der Waals surface area (Å²) in [5.74, 6) is 1.09. The molecule has 180 valence electrons. The van der Waals surface area contributed by atoms with Gasteiger partial charge in [0.25, 0.3) is 0 Å². The molecule has 1 N–H and O–H groups in total. The quantitative estimate of drug-likeness (QED) is 0.599. The van der Waals surface area contributed by atoms with Gasteiger partial charge in [-0.3, -0.25) is 9.69 Å². The first-order valence-corrected chi connectivity index (χ1v) is 12.5. The molecule has 33 heavy (non-hydrogen) atoms. The summed E-state index contributed by atoms with van der Waals surface area (Å²) < 4.78 is 38.0. The van der Waals surface area contributed by atoms with Crippen molar-refractivity contribution in [2.24, 2.45) is 0 Å². The second-order valence-electron chi connectivity index (χ2n) is 8.22. The third-order valence-electron chi connectivity index (χ3n) is 6.02. The van der Waals surface area contributed by atoms with Gasteiger partial charge in [0, 0.05) is 30.9 Å². The highest BCUT2D eigenvalue weighted by atomic mass is 32.2. The summed E-state index contributed by atoms with van der Waals surface area (Å²) >= 11 is 0. The van der Waals surface area contributed by atoms with Crippen molar-refractivity contribution in [3.05, 3.63) is 48.0 Å². The van der Waals surface area contributed by atoms with Gasteiger partial charge in [0.05, 0.1) is 25.2 Å². The molecule has 2 aromatic rings. The van der Waals surface area contributed by atoms with Crippen LogP contribution < -0.4 is 14.8 Å². The Morgan fingerprint density at radius 1 is 1.06 bits per heavy atom. The van der Waals surface area contributed by atoms with Crippen LogP contribution in [0, 0.1) is 0 Å². The van der Waals surface area contributed by atoms with Gasteiger partial charge in [0.1, 0.15) is 0 Å². The van der Waals surface area contributed by atoms with Crippen LogP contribution in [-0.2, 0) is 21.4 Å². The second kappa shape index (κ2) is 11.0. The lowest BCUT2D eigenvalue weighted by atomic mass is 10.1. The van der Waals surface area contributed by atoms with Gasteiger partial charge in [-0.05, 0) is 57.1 Å². The topological polar surface area (TPSA) is 88.2 Å². The first-order chi connectivity index (χ1) is 15.8. The number of piperidine rings is 1. The number of hydrogen-bond acceptors (Lipinski definition) is 6. The summed E-state index contributed by atoms with van der Waals surface area (Å²) in [5.41, 5.74) is 1.46. The first-order valence-electron chi connectivity index (χ1n) is 11.1. The Morgan fingerprint density at radius 2 is 1.73 bits per heavy atom. The number of methoxy groups -OCH3 is 2. The number of amides is 1. The van der Waals surface area contributed by atoms with Gasteiger partial charge in [0.15, 0.2) is 11.5 Å². The summed E-state index contributed by atoms with van der Waals surface area (Å²) in [6.07, 6.45) is 2.84. The van der Waals surface area contributed by atoms with Crippen LogP contribution >= 0.6 is 0 Å². The monoisotopic (exact) mass is 475 g/mol. The molecule has 1 fully saturated rings. The molecule has 1 saturated heterocycles. The second-order valence-corrected chi connectivity index (χ2v) is 10.2. The molecular weight excluding hydrogens is 442 g/mol. The molecule has 1 heterocycles. The Balaban J connectivity index is 1.64. The fourth-order valence-corrected chi connectivity index (χ4v) is 5.41. The Bertz CT molecular complexity index is 1050. The van der Waals surface area contributed by atoms with Gasteiger partial charge in [-0.25, -0.2) is 8.42 Å². The highest BCUT2D eigenvalue weighted by molar-refractivity contribution is 7.89. The molecule has 0 aromatic heterocycles. The molecular formula is C24H33N3O5S. The number of nitrogens with zero attached hydrogens (tertiary/aromatic N) is 2. The molecule has 0 radical (unpaired) electrons. The molecule has 1 unspecified atom stereocenters. The van der Waals surface area contributed by atoms with Crippen LogP contribution in [0.4, 0.5) is 5.69 Å². The van der Waals surface area contributed by atoms with E-state index in [9.17, 15) is 13.2 Å². The number of carbonyl (C=O) groups excluding carboxylic acids is 1. The third-order valence-corrected chi connectivity index (χ3v) is 7.93. The van der Waals surface area contributed by atoms with Crippen LogP contribution in [0.5, 0.6) is 11.5 Å². The summed E-state index contributed by atoms with van der Waals surface area (Å²) in [6.45, 7) is 3.42. The molecule has 1 aliphatic rings. The zero-order valence-electron chi connectivity index (χ0n) is 19.7. The van der Waals surface area contributed by atoms with Crippen LogP contribution in [0.3, 0.4) is 0 Å². The Hall–Kier alpha value is -2.62. The minimum atomic E-state index is -3.49. The maximum absolute atomic E-state index is 12.8. The third kappa shape index (κ3) is 5.85. The van der Waals surface area contributed by atoms with Crippen LogP contribution in [0.25, 0.3) is 0 Å². The maximum atomic E-state index is 12.8. The van der Waals surface area contributed by atoms with Crippen molar-refractivity contribution >= 4 is 21.6 Å². The van der Waals surface area contributed by atoms with Crippen LogP contribution in [0.15, 0.2) is 47.4 Å². The van der Waals surface area contributed by atoms with Gasteiger partial charge < -0.3 is 14.8 Å². The summed E-state index contributed by atoms with van der Waals surface area (Å²) in [7, 11) is 1.54. The highest BCUT2D eigenvalue weighted by Gasteiger charge is 2.26. The normalized spacial score (nSPS) is 15.8. The van der Waals surface area contributed by atoms with Crippen molar-refractivity contribution in [2.45, 2.75) is 43.7 Å². The highest BCUT2D eigenvalue weighted by Crippen LogP contribution is 2.31. The number of benzene rings is 2. The summed E-state index contributed by atoms with van der Waals surface area (Å²) in [5, 5.41) is 2.87. The van der Waals surface area contributed by atoms with Crippen molar-refractivity contribution in [3.63, 3.8) is 0 Å². The van der Waals surface area contributed by atoms with Crippen LogP contribution in [0.2, 0.25) is 0 Å². The summed E-state index contributed by atoms with van der Waals surface area (Å²) in [4.78, 5) is 15.0. The molecule has 3 rings (SSSR count). The number of sulfonamides is 1. The molecule has 1 amide bonds. The van der Waals surface area contributed by atoms with Gasteiger partial charge in [-0.2, -0.15) is 4.31 Å². The van der Waals surface area contributed by atoms with E-state index in [4.69, 9.17) is 9.47 Å². The van der Waals surface area contributed by atoms with Gasteiger partial charge in [-0.15, -0.1) is 0 Å². The van der Waals surface area contributed by atoms with E-state index in [1.807, 2.05) is 37.1 Å². The van der Waals surface area contributed by atoms with Crippen molar-refractivity contribution in [1.82, 2.24) is 9.21 Å². The van der Waals surface area contributed by atoms with Crippen LogP contribution in [-0.4, -0.2) is 63.9 Å². The van der Waals surface area contributed by atoms with Crippen molar-refractivity contribution in [2.75, 3.05) is 39.7 Å². The number of para-hydroxylation sites is 1. The van der Waals surface area contributed by atoms with Crippen molar-refractivity contribution < 1.29 is 22.7 Å². The minimum Gasteiger partial charge on any atom is -0.493 e. The lowest BCUT2D eigenvalue weighted by molar-refractivity contribution is -0.120. The number of anilines is 1. The van der Waals surface area contributed by atoms with Crippen LogP contribution in [0.1, 0.15) is 31.7 Å². The van der Waals surface area contributed by atoms with E-state index in [-0.39, 0.29) is 10.8 Å². The zero-order chi connectivity index (χ0) is 24.0. The fraction of sp³-hybridized carbons (Fsp3) is 0.458. The molecule has 8 nitrogen and oxygen atoms in total. The average molecular weight is 476 g/mol. The van der Waals surface area contributed by atoms with Gasteiger partial charge in [0.2, 0.25) is 15.9 Å². The van der Waals surface area contributed by atoms with Gasteiger partial charge in [-0.1, -0.05) is 18.6 Å². The van der Waals surface area contributed by atoms with E-state index in [1.54, 1.807) is 38.5 Å². The molecule has 0 saturated carbocycles. The maximum Gasteiger partial charge on any atom is 0.243 e. The lowest BCUT2D eigenvalue weighted by Gasteiger charge is -2.26. The standard InChI is InChI=1S/C24H33N3O5S/c1-18(26(2)17-19-9-8-10-22(31-3)23(19)32-4)24(28)25-20-11-13-21(14-12-20)33(29,30)27-15-6-5-7-16-27/h8-14,18H,5-7,15-17H2,1-4H3,(H,25,28). The molecule has 9 heteroatoms. The van der Waals surface area contributed by atoms with Crippen molar-refractivity contribution in [1.29, 1.82) is 0 Å². The van der Waals surface area contributed by atoms with E-state index in [2.05, 4.69) is 5.32 Å². The number of ether oxygens (including phenoxy) is 2. The van der Waals surface area contributed by atoms with Gasteiger partial charge >= 0.3 is 0 Å². The van der Waals surface area contributed by atoms with E-state index >= 15 is 0 Å². The minimum absolute atomic E-state index is 0.189. The smallest absolute Gasteiger partial charge is 0.243 e. The molecule has 1 aliphatic heterocycles. The number of hydrogen-bond donors (Lipinski definition) is 1. The Labute approximate surface area is 196 Å². The summed E-state index contributed by atoms with van der Waals surface area (Å²) in [6, 6.07) is 11.6. The SMILES string of the molecule is COc1cccc(CN(C)C(C)C(=O)Nc2ccc(S(=O)(=O)N3CCCCC3)cc2)c1OC. The molecule has 0 spiro atoms. The first kappa shape index (κ1) is 25.0. The predicted molar refractivity (Wildman–Crippen MR) is 128 cm³/mol. The number of rotatable bonds is 9. The molecule has 0 aliphatic carbocycles. The fourth-order valence-electron chi connectivity index (χ4n) is 3.90. The van der Waals surface area contributed by atoms with E-state index in [0.29, 0.717) is 36.8 Å².